The zero-order chi connectivity index (χ0) is 23.1. The molecule has 2 aromatic carbocycles. The first-order valence-electron chi connectivity index (χ1n) is 10.1. The fourth-order valence-corrected chi connectivity index (χ4v) is 7.05. The smallest absolute Gasteiger partial charge is 0.307 e. The number of imide groups is 1. The van der Waals surface area contributed by atoms with Gasteiger partial charge in [-0.05, 0) is 37.6 Å². The molecule has 32 heavy (non-hydrogen) atoms. The van der Waals surface area contributed by atoms with Crippen LogP contribution < -0.4 is 4.90 Å². The molecule has 0 bridgehead atoms. The van der Waals surface area contributed by atoms with E-state index in [-0.39, 0.29) is 23.9 Å². The number of hydrogen-bond donors (Lipinski definition) is 0. The molecule has 2 amide bonds. The van der Waals surface area contributed by atoms with Crippen LogP contribution in [0.1, 0.15) is 19.4 Å². The number of fused-ring (bicyclic) bond motifs is 1. The summed E-state index contributed by atoms with van der Waals surface area (Å²) in [7, 11) is -4.03. The highest BCUT2D eigenvalue weighted by molar-refractivity contribution is 7.55. The molecule has 0 aliphatic carbocycles. The maximum Gasteiger partial charge on any atom is 0.363 e. The molecule has 2 aliphatic rings. The van der Waals surface area contributed by atoms with Crippen molar-refractivity contribution in [2.75, 3.05) is 18.1 Å². The van der Waals surface area contributed by atoms with Crippen molar-refractivity contribution < 1.29 is 23.2 Å². The molecule has 168 valence electrons. The lowest BCUT2D eigenvalue weighted by atomic mass is 9.87. The molecule has 2 aliphatic heterocycles. The molecule has 10 heteroatoms. The molecule has 2 aromatic rings. The Bertz CT molecular complexity index is 1130. The zero-order valence-electron chi connectivity index (χ0n) is 17.4. The third kappa shape index (κ3) is 3.35. The van der Waals surface area contributed by atoms with Crippen LogP contribution in [0, 0.1) is 11.8 Å². The predicted octanol–water partition coefficient (Wildman–Crippen LogP) is 5.30. The molecule has 3 atom stereocenters. The Labute approximate surface area is 195 Å². The van der Waals surface area contributed by atoms with E-state index in [1.165, 1.54) is 24.4 Å². The van der Waals surface area contributed by atoms with Crippen LogP contribution in [0.3, 0.4) is 0 Å². The van der Waals surface area contributed by atoms with E-state index in [0.717, 1.165) is 4.90 Å². The van der Waals surface area contributed by atoms with E-state index in [0.29, 0.717) is 10.6 Å². The maximum atomic E-state index is 14.2. The number of carbonyl (C=O) groups is 2. The second-order valence-electron chi connectivity index (χ2n) is 7.32. The van der Waals surface area contributed by atoms with Crippen LogP contribution in [0.5, 0.6) is 0 Å². The highest BCUT2D eigenvalue weighted by Crippen LogP contribution is 2.72. The quantitative estimate of drug-likeness (QED) is 0.384. The summed E-state index contributed by atoms with van der Waals surface area (Å²) in [4.78, 5) is 32.7. The summed E-state index contributed by atoms with van der Waals surface area (Å²) in [6.07, 6.45) is 1.39. The second kappa shape index (κ2) is 8.73. The molecule has 7 nitrogen and oxygen atoms in total. The topological polar surface area (TPSA) is 85.3 Å². The Morgan fingerprint density at radius 3 is 2.25 bits per heavy atom. The Morgan fingerprint density at radius 2 is 1.66 bits per heavy atom. The van der Waals surface area contributed by atoms with Crippen LogP contribution in [0.4, 0.5) is 5.69 Å². The van der Waals surface area contributed by atoms with Crippen LogP contribution in [0.2, 0.25) is 10.0 Å². The minimum atomic E-state index is -4.03. The highest BCUT2D eigenvalue weighted by Gasteiger charge is 2.69. The van der Waals surface area contributed by atoms with Crippen LogP contribution in [0.25, 0.3) is 0 Å². The van der Waals surface area contributed by atoms with Crippen molar-refractivity contribution in [2.45, 2.75) is 19.1 Å². The highest BCUT2D eigenvalue weighted by atomic mass is 35.5. The van der Waals surface area contributed by atoms with Crippen molar-refractivity contribution in [1.29, 1.82) is 0 Å². The van der Waals surface area contributed by atoms with E-state index in [1.807, 2.05) is 0 Å². The molecule has 0 radical (unpaired) electrons. The number of rotatable bonds is 7. The SMILES string of the molecule is CCOP(=O)(OCC)[C@]1(c2ccccc2)N=C[C@H]2C(=O)N(c3ccc(Cl)c(Cl)c3)C(=O)[C@H]21. The van der Waals surface area contributed by atoms with Crippen LogP contribution in [0.15, 0.2) is 53.5 Å². The van der Waals surface area contributed by atoms with Gasteiger partial charge in [0.2, 0.25) is 11.8 Å². The van der Waals surface area contributed by atoms with Gasteiger partial charge in [0.1, 0.15) is 0 Å². The lowest BCUT2D eigenvalue weighted by molar-refractivity contribution is -0.123. The summed E-state index contributed by atoms with van der Waals surface area (Å²) >= 11 is 12.1. The summed E-state index contributed by atoms with van der Waals surface area (Å²) in [6.45, 7) is 3.53. The van der Waals surface area contributed by atoms with Crippen LogP contribution in [-0.4, -0.2) is 31.2 Å². The standard InChI is InChI=1S/C22H21Cl2N2O5P/c1-3-30-32(29,31-4-2)22(14-8-6-5-7-9-14)19-16(13-25-22)20(27)26(21(19)28)15-10-11-17(23)18(24)12-15/h5-13,16,19H,3-4H2,1-2H3/t16-,19+,22+/m1/s1. The Morgan fingerprint density at radius 1 is 1.00 bits per heavy atom. The number of amides is 2. The van der Waals surface area contributed by atoms with Gasteiger partial charge in [-0.3, -0.25) is 19.1 Å². The molecule has 2 heterocycles. The number of aliphatic imine (C=N–C) groups is 1. The molecule has 0 aromatic heterocycles. The van der Waals surface area contributed by atoms with Crippen LogP contribution >= 0.6 is 30.8 Å². The average molecular weight is 495 g/mol. The first-order valence-corrected chi connectivity index (χ1v) is 12.4. The largest absolute Gasteiger partial charge is 0.363 e. The van der Waals surface area contributed by atoms with Crippen molar-refractivity contribution in [3.8, 4) is 0 Å². The van der Waals surface area contributed by atoms with Gasteiger partial charge in [-0.1, -0.05) is 53.5 Å². The second-order valence-corrected chi connectivity index (χ2v) is 10.3. The monoisotopic (exact) mass is 494 g/mol. The number of halogens is 2. The lowest BCUT2D eigenvalue weighted by Gasteiger charge is -2.37. The number of anilines is 1. The van der Waals surface area contributed by atoms with Gasteiger partial charge in [0, 0.05) is 6.21 Å². The fraction of sp³-hybridized carbons (Fsp3) is 0.318. The van der Waals surface area contributed by atoms with E-state index < -0.39 is 36.5 Å². The Hall–Kier alpha value is -2.02. The average Bonchev–Trinajstić information content (AvgIpc) is 3.29. The first kappa shape index (κ1) is 23.1. The Balaban J connectivity index is 1.90. The van der Waals surface area contributed by atoms with Crippen molar-refractivity contribution in [3.05, 3.63) is 64.1 Å². The molecular weight excluding hydrogens is 474 g/mol. The number of hydrogen-bond acceptors (Lipinski definition) is 6. The molecule has 1 saturated heterocycles. The molecule has 0 N–H and O–H groups in total. The van der Waals surface area contributed by atoms with E-state index in [2.05, 4.69) is 4.99 Å². The zero-order valence-corrected chi connectivity index (χ0v) is 19.8. The van der Waals surface area contributed by atoms with Gasteiger partial charge in [-0.25, -0.2) is 4.90 Å². The van der Waals surface area contributed by atoms with Gasteiger partial charge >= 0.3 is 7.60 Å². The van der Waals surface area contributed by atoms with Crippen molar-refractivity contribution in [1.82, 2.24) is 0 Å². The number of carbonyl (C=O) groups excluding carboxylic acids is 2. The predicted molar refractivity (Wildman–Crippen MR) is 123 cm³/mol. The van der Waals surface area contributed by atoms with Gasteiger partial charge in [0.15, 0.2) is 5.28 Å². The fourth-order valence-electron chi connectivity index (χ4n) is 4.33. The summed E-state index contributed by atoms with van der Waals surface area (Å²) in [5, 5.41) is -1.19. The Kier molecular flexibility index (Phi) is 6.31. The molecule has 0 unspecified atom stereocenters. The van der Waals surface area contributed by atoms with E-state index in [1.54, 1.807) is 44.2 Å². The molecule has 4 rings (SSSR count). The summed E-state index contributed by atoms with van der Waals surface area (Å²) in [6, 6.07) is 13.2. The molecular formula is C22H21Cl2N2O5P. The lowest BCUT2D eigenvalue weighted by Crippen LogP contribution is -2.40. The summed E-state index contributed by atoms with van der Waals surface area (Å²) < 4.78 is 25.6. The van der Waals surface area contributed by atoms with Gasteiger partial charge in [-0.15, -0.1) is 0 Å². The molecule has 1 fully saturated rings. The van der Waals surface area contributed by atoms with Crippen molar-refractivity contribution in [2.24, 2.45) is 16.8 Å². The number of benzene rings is 2. The van der Waals surface area contributed by atoms with E-state index in [9.17, 15) is 14.2 Å². The maximum absolute atomic E-state index is 14.2. The summed E-state index contributed by atoms with van der Waals surface area (Å²) in [5.41, 5.74) is 0.757. The van der Waals surface area contributed by atoms with Gasteiger partial charge in [-0.2, -0.15) is 0 Å². The van der Waals surface area contributed by atoms with Crippen molar-refractivity contribution in [3.63, 3.8) is 0 Å². The van der Waals surface area contributed by atoms with Crippen molar-refractivity contribution >= 4 is 54.5 Å². The molecule has 0 saturated carbocycles. The van der Waals surface area contributed by atoms with E-state index >= 15 is 0 Å². The third-order valence-electron chi connectivity index (χ3n) is 5.59. The third-order valence-corrected chi connectivity index (χ3v) is 9.01. The number of nitrogens with zero attached hydrogens (tertiary/aromatic N) is 2. The van der Waals surface area contributed by atoms with Crippen LogP contribution in [-0.2, 0) is 28.5 Å². The van der Waals surface area contributed by atoms with E-state index in [4.69, 9.17) is 32.2 Å². The first-order chi connectivity index (χ1) is 15.3. The normalized spacial score (nSPS) is 24.9. The van der Waals surface area contributed by atoms with Gasteiger partial charge < -0.3 is 9.05 Å². The minimum Gasteiger partial charge on any atom is -0.307 e. The summed E-state index contributed by atoms with van der Waals surface area (Å²) in [5.74, 6) is -3.07. The van der Waals surface area contributed by atoms with Gasteiger partial charge in [0.25, 0.3) is 0 Å². The van der Waals surface area contributed by atoms with Gasteiger partial charge in [0.05, 0.1) is 40.8 Å². The minimum absolute atomic E-state index is 0.0808. The molecule has 0 spiro atoms.